The van der Waals surface area contributed by atoms with Gasteiger partial charge in [-0.05, 0) is 84.8 Å². The van der Waals surface area contributed by atoms with Gasteiger partial charge in [-0.1, -0.05) is 90.5 Å². The maximum absolute atomic E-state index is 4.87. The highest BCUT2D eigenvalue weighted by Crippen LogP contribution is 2.36. The Morgan fingerprint density at radius 3 is 1.67 bits per heavy atom. The first-order valence-corrected chi connectivity index (χ1v) is 14.3. The van der Waals surface area contributed by atoms with Gasteiger partial charge in [0.2, 0.25) is 0 Å². The molecule has 0 aliphatic rings. The Morgan fingerprint density at radius 1 is 0.548 bits per heavy atom. The van der Waals surface area contributed by atoms with Crippen LogP contribution in [0.25, 0.3) is 38.6 Å². The molecule has 0 atom stereocenters. The van der Waals surface area contributed by atoms with Gasteiger partial charge in [-0.3, -0.25) is 9.89 Å². The van der Waals surface area contributed by atoms with Gasteiger partial charge in [0.15, 0.2) is 0 Å². The number of fused-ring (bicyclic) bond motifs is 3. The van der Waals surface area contributed by atoms with Crippen molar-refractivity contribution in [3.63, 3.8) is 0 Å². The fourth-order valence-electron chi connectivity index (χ4n) is 5.85. The average Bonchev–Trinajstić information content (AvgIpc) is 3.38. The number of anilines is 2. The summed E-state index contributed by atoms with van der Waals surface area (Å²) in [7, 11) is 1.88. The summed E-state index contributed by atoms with van der Waals surface area (Å²) in [6.07, 6.45) is 0. The van der Waals surface area contributed by atoms with Gasteiger partial charge < -0.3 is 4.57 Å². The van der Waals surface area contributed by atoms with Crippen LogP contribution >= 0.6 is 0 Å². The second-order valence-corrected chi connectivity index (χ2v) is 10.6. The zero-order valence-electron chi connectivity index (χ0n) is 23.8. The number of hydrogen-bond donors (Lipinski definition) is 0. The molecule has 0 aliphatic heterocycles. The minimum absolute atomic E-state index is 0.893. The molecule has 0 bridgehead atoms. The molecule has 202 valence electrons. The number of aromatic nitrogens is 1. The van der Waals surface area contributed by atoms with E-state index in [1.807, 2.05) is 19.2 Å². The summed E-state index contributed by atoms with van der Waals surface area (Å²) in [6, 6.07) is 53.8. The molecule has 7 rings (SSSR count). The number of aryl methyl sites for hydroxylation is 1. The summed E-state index contributed by atoms with van der Waals surface area (Å²) >= 11 is 0. The highest BCUT2D eigenvalue weighted by atomic mass is 15.2. The van der Waals surface area contributed by atoms with Crippen molar-refractivity contribution in [3.8, 4) is 16.8 Å². The lowest BCUT2D eigenvalue weighted by molar-refractivity contribution is 1.18. The van der Waals surface area contributed by atoms with Crippen LogP contribution in [0.5, 0.6) is 0 Å². The van der Waals surface area contributed by atoms with Gasteiger partial charge in [-0.15, -0.1) is 0 Å². The van der Waals surface area contributed by atoms with Crippen molar-refractivity contribution in [1.29, 1.82) is 0 Å². The first kappa shape index (κ1) is 25.6. The molecule has 0 saturated carbocycles. The number of nitrogens with zero attached hydrogens (tertiary/aromatic N) is 3. The van der Waals surface area contributed by atoms with Crippen LogP contribution in [-0.4, -0.2) is 17.5 Å². The van der Waals surface area contributed by atoms with Crippen LogP contribution in [0.1, 0.15) is 11.1 Å². The third-order valence-electron chi connectivity index (χ3n) is 7.87. The van der Waals surface area contributed by atoms with E-state index >= 15 is 0 Å². The Balaban J connectivity index is 1.46. The zero-order chi connectivity index (χ0) is 28.5. The molecule has 6 aromatic carbocycles. The molecule has 0 saturated heterocycles. The fraction of sp³-hybridized carbons (Fsp3) is 0.0513. The first-order valence-electron chi connectivity index (χ1n) is 14.3. The van der Waals surface area contributed by atoms with E-state index in [1.165, 1.54) is 38.5 Å². The van der Waals surface area contributed by atoms with Crippen LogP contribution in [-0.2, 0) is 0 Å². The van der Waals surface area contributed by atoms with Crippen molar-refractivity contribution in [1.82, 2.24) is 4.57 Å². The molecule has 0 spiro atoms. The molecule has 42 heavy (non-hydrogen) atoms. The summed E-state index contributed by atoms with van der Waals surface area (Å²) in [6.45, 7) is 2.13. The predicted octanol–water partition coefficient (Wildman–Crippen LogP) is 9.97. The van der Waals surface area contributed by atoms with Crippen LogP contribution in [0, 0.1) is 6.92 Å². The van der Waals surface area contributed by atoms with Crippen molar-refractivity contribution in [2.75, 3.05) is 11.9 Å². The lowest BCUT2D eigenvalue weighted by atomic mass is 10.0. The largest absolute Gasteiger partial charge is 0.309 e. The summed E-state index contributed by atoms with van der Waals surface area (Å²) in [5, 5.41) is 2.41. The number of rotatable bonds is 5. The lowest BCUT2D eigenvalue weighted by Gasteiger charge is -2.26. The molecule has 0 radical (unpaired) electrons. The van der Waals surface area contributed by atoms with Crippen molar-refractivity contribution in [3.05, 3.63) is 163 Å². The molecule has 0 unspecified atom stereocenters. The third-order valence-corrected chi connectivity index (χ3v) is 7.87. The van der Waals surface area contributed by atoms with Crippen LogP contribution in [0.3, 0.4) is 0 Å². The molecular weight excluding hydrogens is 510 g/mol. The van der Waals surface area contributed by atoms with Crippen LogP contribution in [0.2, 0.25) is 0 Å². The van der Waals surface area contributed by atoms with Crippen molar-refractivity contribution in [2.24, 2.45) is 4.99 Å². The fourth-order valence-corrected chi connectivity index (χ4v) is 5.85. The monoisotopic (exact) mass is 541 g/mol. The molecule has 0 amide bonds. The van der Waals surface area contributed by atoms with Crippen molar-refractivity contribution in [2.45, 2.75) is 6.92 Å². The first-order chi connectivity index (χ1) is 20.7. The molecule has 1 aromatic heterocycles. The van der Waals surface area contributed by atoms with Gasteiger partial charge in [0.1, 0.15) is 5.84 Å². The molecule has 1 heterocycles. The molecule has 0 aliphatic carbocycles. The maximum Gasteiger partial charge on any atom is 0.139 e. The van der Waals surface area contributed by atoms with E-state index in [2.05, 4.69) is 156 Å². The Morgan fingerprint density at radius 2 is 1.07 bits per heavy atom. The van der Waals surface area contributed by atoms with Gasteiger partial charge in [0.25, 0.3) is 0 Å². The maximum atomic E-state index is 4.87. The van der Waals surface area contributed by atoms with Gasteiger partial charge in [-0.25, -0.2) is 0 Å². The van der Waals surface area contributed by atoms with E-state index in [4.69, 9.17) is 4.99 Å². The minimum Gasteiger partial charge on any atom is -0.309 e. The second kappa shape index (κ2) is 10.9. The van der Waals surface area contributed by atoms with E-state index in [0.717, 1.165) is 28.5 Å². The topological polar surface area (TPSA) is 20.5 Å². The number of aliphatic imine (C=N–C) groups is 1. The molecule has 0 N–H and O–H groups in total. The number of amidine groups is 1. The lowest BCUT2D eigenvalue weighted by Crippen LogP contribution is -2.27. The number of benzene rings is 6. The van der Waals surface area contributed by atoms with Crippen molar-refractivity contribution < 1.29 is 0 Å². The molecule has 3 nitrogen and oxygen atoms in total. The van der Waals surface area contributed by atoms with E-state index < -0.39 is 0 Å². The molecule has 7 aromatic rings. The highest BCUT2D eigenvalue weighted by molar-refractivity contribution is 6.18. The van der Waals surface area contributed by atoms with Gasteiger partial charge in [0, 0.05) is 40.4 Å². The molecular formula is C39H31N3. The highest BCUT2D eigenvalue weighted by Gasteiger charge is 2.20. The Bertz CT molecular complexity index is 1980. The molecule has 0 fully saturated rings. The van der Waals surface area contributed by atoms with Crippen LogP contribution < -0.4 is 4.90 Å². The van der Waals surface area contributed by atoms with Gasteiger partial charge in [-0.2, -0.15) is 0 Å². The van der Waals surface area contributed by atoms with E-state index in [9.17, 15) is 0 Å². The van der Waals surface area contributed by atoms with Gasteiger partial charge >= 0.3 is 0 Å². The zero-order valence-corrected chi connectivity index (χ0v) is 23.8. The number of para-hydroxylation sites is 3. The summed E-state index contributed by atoms with van der Waals surface area (Å²) in [5.41, 5.74) is 10.4. The van der Waals surface area contributed by atoms with Gasteiger partial charge in [0.05, 0.1) is 11.0 Å². The predicted molar refractivity (Wildman–Crippen MR) is 178 cm³/mol. The molecule has 3 heteroatoms. The smallest absolute Gasteiger partial charge is 0.139 e. The average molecular weight is 542 g/mol. The van der Waals surface area contributed by atoms with Crippen LogP contribution in [0.15, 0.2) is 157 Å². The van der Waals surface area contributed by atoms with E-state index in [-0.39, 0.29) is 0 Å². The third kappa shape index (κ3) is 4.55. The Kier molecular flexibility index (Phi) is 6.61. The quantitative estimate of drug-likeness (QED) is 0.157. The summed E-state index contributed by atoms with van der Waals surface area (Å²) < 4.78 is 2.36. The summed E-state index contributed by atoms with van der Waals surface area (Å²) in [5.74, 6) is 0.893. The standard InChI is InChI=1S/C39H31N3/c1-28-18-20-29(21-19-28)30-22-24-37-35(26-30)36-27-31(23-25-38(36)42(37)34-16-10-5-11-17-34)39(40-2)41(32-12-6-3-7-13-32)33-14-8-4-9-15-33/h3-27H,1-2H3/b40-39+. The summed E-state index contributed by atoms with van der Waals surface area (Å²) in [4.78, 5) is 7.10. The Hall–Kier alpha value is -5.41. The normalized spacial score (nSPS) is 11.7. The minimum atomic E-state index is 0.893. The second-order valence-electron chi connectivity index (χ2n) is 10.6. The Labute approximate surface area is 246 Å². The van der Waals surface area contributed by atoms with E-state index in [0.29, 0.717) is 0 Å². The van der Waals surface area contributed by atoms with E-state index in [1.54, 1.807) is 0 Å². The number of hydrogen-bond acceptors (Lipinski definition) is 1. The SMILES string of the molecule is C/N=C(\c1ccc2c(c1)c1cc(-c3ccc(C)cc3)ccc1n2-c1ccccc1)N(c1ccccc1)c1ccccc1. The van der Waals surface area contributed by atoms with Crippen LogP contribution in [0.4, 0.5) is 11.4 Å². The van der Waals surface area contributed by atoms with Crippen molar-refractivity contribution >= 4 is 39.0 Å².